The first-order valence-corrected chi connectivity index (χ1v) is 10.3. The molecule has 2 N–H and O–H groups in total. The summed E-state index contributed by atoms with van der Waals surface area (Å²) in [7, 11) is -0.449. The summed E-state index contributed by atoms with van der Waals surface area (Å²) in [5.74, 6) is 0. The zero-order valence-electron chi connectivity index (χ0n) is 17.7. The Bertz CT molecular complexity index is 864. The molecule has 0 spiro atoms. The summed E-state index contributed by atoms with van der Waals surface area (Å²) >= 11 is 0. The Morgan fingerprint density at radius 3 is 2.29 bits per heavy atom. The molecule has 0 aromatic heterocycles. The van der Waals surface area contributed by atoms with Crippen LogP contribution in [0.1, 0.15) is 45.7 Å². The molecule has 148 valence electrons. The Kier molecular flexibility index (Phi) is 4.81. The largest absolute Gasteiger partial charge is 0.496 e. The van der Waals surface area contributed by atoms with Crippen molar-refractivity contribution in [2.24, 2.45) is 0 Å². The molecule has 2 aromatic carbocycles. The normalized spacial score (nSPS) is 21.0. The number of hydrogen-bond acceptors (Lipinski definition) is 4. The molecule has 0 bridgehead atoms. The fourth-order valence-corrected chi connectivity index (χ4v) is 4.17. The molecule has 1 fully saturated rings. The second-order valence-corrected chi connectivity index (χ2v) is 8.96. The minimum atomic E-state index is -0.449. The van der Waals surface area contributed by atoms with Crippen molar-refractivity contribution in [2.45, 2.75) is 58.8 Å². The van der Waals surface area contributed by atoms with Crippen molar-refractivity contribution in [1.82, 2.24) is 4.90 Å². The van der Waals surface area contributed by atoms with Crippen LogP contribution < -0.4 is 11.2 Å². The van der Waals surface area contributed by atoms with Gasteiger partial charge in [0.05, 0.1) is 11.2 Å². The summed E-state index contributed by atoms with van der Waals surface area (Å²) in [5.41, 5.74) is 12.8. The van der Waals surface area contributed by atoms with E-state index in [4.69, 9.17) is 15.0 Å². The second kappa shape index (κ2) is 6.91. The van der Waals surface area contributed by atoms with Crippen LogP contribution in [0.5, 0.6) is 0 Å². The van der Waals surface area contributed by atoms with Crippen molar-refractivity contribution in [3.8, 4) is 11.1 Å². The number of rotatable bonds is 3. The molecule has 2 aliphatic rings. The molecule has 5 heteroatoms. The zero-order valence-corrected chi connectivity index (χ0v) is 17.7. The lowest BCUT2D eigenvalue weighted by Crippen LogP contribution is -2.41. The first-order chi connectivity index (χ1) is 13.2. The predicted octanol–water partition coefficient (Wildman–Crippen LogP) is 3.61. The number of nitrogens with zero attached hydrogens (tertiary/aromatic N) is 1. The fourth-order valence-electron chi connectivity index (χ4n) is 4.17. The van der Waals surface area contributed by atoms with Crippen LogP contribution in [0.25, 0.3) is 11.1 Å². The van der Waals surface area contributed by atoms with Crippen LogP contribution in [0.2, 0.25) is 0 Å². The Morgan fingerprint density at radius 1 is 1.04 bits per heavy atom. The Morgan fingerprint density at radius 2 is 1.68 bits per heavy atom. The van der Waals surface area contributed by atoms with Gasteiger partial charge in [-0.15, -0.1) is 0 Å². The Hall–Kier alpha value is -1.82. The molecule has 2 aliphatic heterocycles. The summed E-state index contributed by atoms with van der Waals surface area (Å²) in [6, 6.07) is 12.8. The van der Waals surface area contributed by atoms with E-state index < -0.39 is 7.12 Å². The van der Waals surface area contributed by atoms with Gasteiger partial charge in [0.15, 0.2) is 0 Å². The molecule has 4 rings (SSSR count). The molecule has 28 heavy (non-hydrogen) atoms. The molecular weight excluding hydrogens is 347 g/mol. The number of nitrogens with two attached hydrogens (primary N) is 1. The molecule has 0 aliphatic carbocycles. The third kappa shape index (κ3) is 3.16. The van der Waals surface area contributed by atoms with Crippen molar-refractivity contribution >= 4 is 18.3 Å². The maximum atomic E-state index is 6.74. The van der Waals surface area contributed by atoms with Gasteiger partial charge < -0.3 is 15.0 Å². The van der Waals surface area contributed by atoms with E-state index >= 15 is 0 Å². The summed E-state index contributed by atoms with van der Waals surface area (Å²) in [5, 5.41) is 0. The van der Waals surface area contributed by atoms with Crippen LogP contribution in [-0.2, 0) is 22.3 Å². The SMILES string of the molecule is CCN1CCc2c(-c3ccccc3)cc(B3OC(C)(C)C(C)(C)O3)c(N)c2C1. The van der Waals surface area contributed by atoms with Crippen LogP contribution in [0.4, 0.5) is 5.69 Å². The third-order valence-electron chi connectivity index (χ3n) is 6.72. The summed E-state index contributed by atoms with van der Waals surface area (Å²) < 4.78 is 12.7. The lowest BCUT2D eigenvalue weighted by molar-refractivity contribution is 0.00578. The fraction of sp³-hybridized carbons (Fsp3) is 0.478. The van der Waals surface area contributed by atoms with Crippen LogP contribution in [0.3, 0.4) is 0 Å². The number of hydrogen-bond donors (Lipinski definition) is 1. The van der Waals surface area contributed by atoms with Gasteiger partial charge in [-0.05, 0) is 62.9 Å². The summed E-state index contributed by atoms with van der Waals surface area (Å²) in [4.78, 5) is 2.45. The van der Waals surface area contributed by atoms with Gasteiger partial charge >= 0.3 is 7.12 Å². The Labute approximate surface area is 169 Å². The molecular formula is C23H31BN2O2. The quantitative estimate of drug-likeness (QED) is 0.655. The minimum Gasteiger partial charge on any atom is -0.399 e. The highest BCUT2D eigenvalue weighted by atomic mass is 16.7. The zero-order chi connectivity index (χ0) is 20.1. The van der Waals surface area contributed by atoms with Crippen molar-refractivity contribution in [3.05, 3.63) is 47.5 Å². The maximum Gasteiger partial charge on any atom is 0.496 e. The van der Waals surface area contributed by atoms with Gasteiger partial charge in [0.1, 0.15) is 0 Å². The average molecular weight is 378 g/mol. The van der Waals surface area contributed by atoms with Gasteiger partial charge in [0, 0.05) is 24.2 Å². The molecule has 0 saturated carbocycles. The minimum absolute atomic E-state index is 0.387. The third-order valence-corrected chi connectivity index (χ3v) is 6.72. The molecule has 1 saturated heterocycles. The van der Waals surface area contributed by atoms with E-state index in [2.05, 4.69) is 75.9 Å². The molecule has 0 unspecified atom stereocenters. The van der Waals surface area contributed by atoms with Crippen LogP contribution in [0.15, 0.2) is 36.4 Å². The van der Waals surface area contributed by atoms with Crippen molar-refractivity contribution in [2.75, 3.05) is 18.8 Å². The second-order valence-electron chi connectivity index (χ2n) is 8.96. The lowest BCUT2D eigenvalue weighted by atomic mass is 9.73. The molecule has 0 atom stereocenters. The lowest BCUT2D eigenvalue weighted by Gasteiger charge is -2.32. The topological polar surface area (TPSA) is 47.7 Å². The van der Waals surface area contributed by atoms with Crippen LogP contribution in [0, 0.1) is 0 Å². The van der Waals surface area contributed by atoms with Crippen LogP contribution >= 0.6 is 0 Å². The summed E-state index contributed by atoms with van der Waals surface area (Å²) in [6.45, 7) is 13.5. The Balaban J connectivity index is 1.86. The van der Waals surface area contributed by atoms with Gasteiger partial charge in [-0.1, -0.05) is 43.3 Å². The number of nitrogen functional groups attached to an aromatic ring is 1. The predicted molar refractivity (Wildman–Crippen MR) is 117 cm³/mol. The van der Waals surface area contributed by atoms with E-state index in [9.17, 15) is 0 Å². The highest BCUT2D eigenvalue weighted by molar-refractivity contribution is 6.64. The highest BCUT2D eigenvalue weighted by Crippen LogP contribution is 2.39. The van der Waals surface area contributed by atoms with E-state index in [0.717, 1.165) is 37.2 Å². The van der Waals surface area contributed by atoms with Crippen molar-refractivity contribution in [3.63, 3.8) is 0 Å². The van der Waals surface area contributed by atoms with E-state index in [0.29, 0.717) is 0 Å². The van der Waals surface area contributed by atoms with Gasteiger partial charge in [-0.3, -0.25) is 4.90 Å². The summed E-state index contributed by atoms with van der Waals surface area (Å²) in [6.07, 6.45) is 1.02. The number of fused-ring (bicyclic) bond motifs is 1. The van der Waals surface area contributed by atoms with Gasteiger partial charge in [0.25, 0.3) is 0 Å². The van der Waals surface area contributed by atoms with Crippen molar-refractivity contribution < 1.29 is 9.31 Å². The number of likely N-dealkylation sites (N-methyl/N-ethyl adjacent to an activating group) is 1. The van der Waals surface area contributed by atoms with Gasteiger partial charge in [0.2, 0.25) is 0 Å². The molecule has 0 amide bonds. The number of anilines is 1. The molecule has 0 radical (unpaired) electrons. The first kappa shape index (κ1) is 19.5. The van der Waals surface area contributed by atoms with E-state index in [1.807, 2.05) is 0 Å². The molecule has 2 heterocycles. The van der Waals surface area contributed by atoms with E-state index in [1.165, 1.54) is 22.3 Å². The maximum absolute atomic E-state index is 6.74. The average Bonchev–Trinajstić information content (AvgIpc) is 2.89. The van der Waals surface area contributed by atoms with Gasteiger partial charge in [-0.25, -0.2) is 0 Å². The van der Waals surface area contributed by atoms with Crippen LogP contribution in [-0.4, -0.2) is 36.3 Å². The van der Waals surface area contributed by atoms with E-state index in [1.54, 1.807) is 0 Å². The highest BCUT2D eigenvalue weighted by Gasteiger charge is 2.52. The number of benzene rings is 2. The van der Waals surface area contributed by atoms with E-state index in [-0.39, 0.29) is 11.2 Å². The standard InChI is InChI=1S/C23H31BN2O2/c1-6-26-13-12-17-18(16-10-8-7-9-11-16)14-20(21(25)19(17)15-26)24-27-22(2,3)23(4,5)28-24/h7-11,14H,6,12-13,15,25H2,1-5H3. The molecule has 2 aromatic rings. The smallest absolute Gasteiger partial charge is 0.399 e. The monoisotopic (exact) mass is 378 g/mol. The first-order valence-electron chi connectivity index (χ1n) is 10.3. The molecule has 4 nitrogen and oxygen atoms in total. The van der Waals surface area contributed by atoms with Gasteiger partial charge in [-0.2, -0.15) is 0 Å². The van der Waals surface area contributed by atoms with Crippen molar-refractivity contribution in [1.29, 1.82) is 0 Å².